The third-order valence-corrected chi connectivity index (χ3v) is 4.11. The standard InChI is InChI=1S/2C10H20N2O/c1-5-6-7-9(12(3)4)8(2)10(11)13;1-4-5-6-7-12-10(13)8(2)9(3)11/h5-7H2,1-4H3,(H2,11,13);4-7,11H2,1-3H3,(H,12,13)/b9-8+;9-8-. The number of allylic oxidation sites excluding steroid dienone is 2. The lowest BCUT2D eigenvalue weighted by atomic mass is 10.1. The van der Waals surface area contributed by atoms with Crippen molar-refractivity contribution in [2.75, 3.05) is 20.6 Å². The summed E-state index contributed by atoms with van der Waals surface area (Å²) in [6.45, 7) is 10.3. The summed E-state index contributed by atoms with van der Waals surface area (Å²) in [5, 5.41) is 2.82. The van der Waals surface area contributed by atoms with Crippen molar-refractivity contribution >= 4 is 11.8 Å². The zero-order chi connectivity index (χ0) is 20.7. The molecule has 0 heterocycles. The Hall–Kier alpha value is -1.98. The van der Waals surface area contributed by atoms with Crippen LogP contribution in [-0.2, 0) is 9.59 Å². The molecule has 0 aliphatic rings. The number of nitrogens with two attached hydrogens (primary N) is 2. The number of nitrogens with zero attached hydrogens (tertiary/aromatic N) is 1. The van der Waals surface area contributed by atoms with Crippen LogP contribution in [0.1, 0.15) is 73.1 Å². The van der Waals surface area contributed by atoms with Crippen LogP contribution in [0.3, 0.4) is 0 Å². The monoisotopic (exact) mass is 368 g/mol. The molecule has 0 atom stereocenters. The van der Waals surface area contributed by atoms with Gasteiger partial charge in [-0.15, -0.1) is 0 Å². The normalized spacial score (nSPS) is 12.3. The molecule has 0 radical (unpaired) electrons. The molecule has 0 aliphatic carbocycles. The van der Waals surface area contributed by atoms with Gasteiger partial charge in [-0.05, 0) is 40.0 Å². The van der Waals surface area contributed by atoms with Gasteiger partial charge in [0, 0.05) is 43.2 Å². The lowest BCUT2D eigenvalue weighted by molar-refractivity contribution is -0.117. The third kappa shape index (κ3) is 12.4. The summed E-state index contributed by atoms with van der Waals surface area (Å²) in [5.41, 5.74) is 13.7. The third-order valence-electron chi connectivity index (χ3n) is 4.11. The largest absolute Gasteiger partial charge is 0.402 e. The Morgan fingerprint density at radius 2 is 1.42 bits per heavy atom. The summed E-state index contributed by atoms with van der Waals surface area (Å²) in [4.78, 5) is 24.2. The molecule has 6 heteroatoms. The summed E-state index contributed by atoms with van der Waals surface area (Å²) in [6, 6.07) is 0. The van der Waals surface area contributed by atoms with E-state index in [2.05, 4.69) is 19.2 Å². The van der Waals surface area contributed by atoms with Gasteiger partial charge in [0.15, 0.2) is 0 Å². The zero-order valence-electron chi connectivity index (χ0n) is 17.9. The molecule has 0 saturated heterocycles. The average molecular weight is 369 g/mol. The maximum atomic E-state index is 11.3. The number of rotatable bonds is 10. The molecule has 152 valence electrons. The molecule has 6 nitrogen and oxygen atoms in total. The first-order chi connectivity index (χ1) is 12.1. The van der Waals surface area contributed by atoms with E-state index in [1.807, 2.05) is 19.0 Å². The number of amides is 2. The molecule has 0 rings (SSSR count). The van der Waals surface area contributed by atoms with Gasteiger partial charge in [0.05, 0.1) is 0 Å². The molecule has 0 fully saturated rings. The number of carbonyl (C=O) groups excluding carboxylic acids is 2. The van der Waals surface area contributed by atoms with E-state index in [9.17, 15) is 9.59 Å². The average Bonchev–Trinajstić information content (AvgIpc) is 2.58. The summed E-state index contributed by atoms with van der Waals surface area (Å²) in [5.74, 6) is -0.365. The summed E-state index contributed by atoms with van der Waals surface area (Å²) in [6.07, 6.45) is 6.52. The van der Waals surface area contributed by atoms with Crippen LogP contribution in [-0.4, -0.2) is 37.4 Å². The van der Waals surface area contributed by atoms with Crippen molar-refractivity contribution in [1.29, 1.82) is 0 Å². The predicted molar refractivity (Wildman–Crippen MR) is 110 cm³/mol. The van der Waals surface area contributed by atoms with Crippen LogP contribution in [0.2, 0.25) is 0 Å². The fourth-order valence-electron chi connectivity index (χ4n) is 2.12. The predicted octanol–water partition coefficient (Wildman–Crippen LogP) is 3.04. The minimum Gasteiger partial charge on any atom is -0.402 e. The number of hydrogen-bond acceptors (Lipinski definition) is 4. The highest BCUT2D eigenvalue weighted by molar-refractivity contribution is 5.93. The molecular weight excluding hydrogens is 328 g/mol. The van der Waals surface area contributed by atoms with Gasteiger partial charge in [0.25, 0.3) is 0 Å². The Labute approximate surface area is 160 Å². The maximum absolute atomic E-state index is 11.3. The molecule has 0 bridgehead atoms. The summed E-state index contributed by atoms with van der Waals surface area (Å²) in [7, 11) is 3.88. The van der Waals surface area contributed by atoms with Gasteiger partial charge in [-0.2, -0.15) is 0 Å². The van der Waals surface area contributed by atoms with Crippen LogP contribution < -0.4 is 16.8 Å². The van der Waals surface area contributed by atoms with E-state index < -0.39 is 0 Å². The molecule has 2 amide bonds. The molecule has 5 N–H and O–H groups in total. The Kier molecular flexibility index (Phi) is 15.4. The van der Waals surface area contributed by atoms with Crippen molar-refractivity contribution < 1.29 is 9.59 Å². The molecule has 0 aromatic heterocycles. The highest BCUT2D eigenvalue weighted by Crippen LogP contribution is 2.14. The fourth-order valence-corrected chi connectivity index (χ4v) is 2.12. The van der Waals surface area contributed by atoms with E-state index >= 15 is 0 Å². The molecule has 0 aliphatic heterocycles. The highest BCUT2D eigenvalue weighted by Gasteiger charge is 2.08. The van der Waals surface area contributed by atoms with Crippen LogP contribution in [0.5, 0.6) is 0 Å². The van der Waals surface area contributed by atoms with Crippen LogP contribution in [0.4, 0.5) is 0 Å². The first-order valence-corrected chi connectivity index (χ1v) is 9.47. The topological polar surface area (TPSA) is 101 Å². The van der Waals surface area contributed by atoms with E-state index in [0.29, 0.717) is 16.8 Å². The van der Waals surface area contributed by atoms with Gasteiger partial charge in [0.2, 0.25) is 11.8 Å². The molecule has 0 aromatic carbocycles. The second-order valence-corrected chi connectivity index (χ2v) is 6.70. The SMILES string of the molecule is CCCC/C(=C(/C)C(N)=O)N(C)C.CCCCCNC(=O)/C(C)=C(/C)N. The fraction of sp³-hybridized carbons (Fsp3) is 0.700. The first kappa shape index (κ1) is 26.3. The van der Waals surface area contributed by atoms with E-state index in [1.54, 1.807) is 20.8 Å². The summed E-state index contributed by atoms with van der Waals surface area (Å²) >= 11 is 0. The number of nitrogens with one attached hydrogen (secondary N) is 1. The Balaban J connectivity index is 0. The molecule has 0 saturated carbocycles. The van der Waals surface area contributed by atoms with Crippen LogP contribution in [0, 0.1) is 0 Å². The zero-order valence-corrected chi connectivity index (χ0v) is 17.9. The van der Waals surface area contributed by atoms with Crippen LogP contribution in [0.15, 0.2) is 22.5 Å². The second kappa shape index (κ2) is 15.3. The summed E-state index contributed by atoms with van der Waals surface area (Å²) < 4.78 is 0. The molecule has 0 aromatic rings. The molecule has 26 heavy (non-hydrogen) atoms. The number of primary amides is 1. The Bertz CT molecular complexity index is 490. The Morgan fingerprint density at radius 3 is 1.81 bits per heavy atom. The van der Waals surface area contributed by atoms with E-state index in [1.165, 1.54) is 6.42 Å². The lowest BCUT2D eigenvalue weighted by Crippen LogP contribution is -2.26. The number of hydrogen-bond donors (Lipinski definition) is 3. The van der Waals surface area contributed by atoms with E-state index in [-0.39, 0.29) is 11.8 Å². The van der Waals surface area contributed by atoms with Crippen molar-refractivity contribution in [1.82, 2.24) is 10.2 Å². The Morgan fingerprint density at radius 1 is 0.885 bits per heavy atom. The minimum atomic E-state index is -0.320. The van der Waals surface area contributed by atoms with Crippen LogP contribution in [0.25, 0.3) is 0 Å². The van der Waals surface area contributed by atoms with Crippen LogP contribution >= 0.6 is 0 Å². The van der Waals surface area contributed by atoms with Gasteiger partial charge >= 0.3 is 0 Å². The van der Waals surface area contributed by atoms with Gasteiger partial charge in [-0.3, -0.25) is 9.59 Å². The van der Waals surface area contributed by atoms with Crippen molar-refractivity contribution in [3.63, 3.8) is 0 Å². The maximum Gasteiger partial charge on any atom is 0.248 e. The first-order valence-electron chi connectivity index (χ1n) is 9.47. The highest BCUT2D eigenvalue weighted by atomic mass is 16.2. The van der Waals surface area contributed by atoms with Gasteiger partial charge in [-0.25, -0.2) is 0 Å². The van der Waals surface area contributed by atoms with Gasteiger partial charge in [0.1, 0.15) is 0 Å². The smallest absolute Gasteiger partial charge is 0.248 e. The molecule has 0 spiro atoms. The van der Waals surface area contributed by atoms with Gasteiger partial charge in [-0.1, -0.05) is 33.1 Å². The molecular formula is C20H40N4O2. The number of unbranched alkanes of at least 4 members (excludes halogenated alkanes) is 3. The molecule has 0 unspecified atom stereocenters. The minimum absolute atomic E-state index is 0.0453. The number of carbonyl (C=O) groups is 2. The second-order valence-electron chi connectivity index (χ2n) is 6.70. The van der Waals surface area contributed by atoms with Crippen molar-refractivity contribution in [2.24, 2.45) is 11.5 Å². The van der Waals surface area contributed by atoms with Crippen molar-refractivity contribution in [3.05, 3.63) is 22.5 Å². The quantitative estimate of drug-likeness (QED) is 0.407. The van der Waals surface area contributed by atoms with Crippen molar-refractivity contribution in [3.8, 4) is 0 Å². The lowest BCUT2D eigenvalue weighted by Gasteiger charge is -2.19. The van der Waals surface area contributed by atoms with Gasteiger partial charge < -0.3 is 21.7 Å². The van der Waals surface area contributed by atoms with Crippen molar-refractivity contribution in [2.45, 2.75) is 73.1 Å². The van der Waals surface area contributed by atoms with E-state index in [4.69, 9.17) is 11.5 Å². The van der Waals surface area contributed by atoms with E-state index in [0.717, 1.165) is 44.3 Å².